The van der Waals surface area contributed by atoms with Crippen LogP contribution in [0.3, 0.4) is 0 Å². The third-order valence-electron chi connectivity index (χ3n) is 4.34. The molecule has 0 saturated heterocycles. The second-order valence-corrected chi connectivity index (χ2v) is 6.41. The molecule has 0 radical (unpaired) electrons. The minimum absolute atomic E-state index is 0.0492. The van der Waals surface area contributed by atoms with Gasteiger partial charge in [0.15, 0.2) is 5.58 Å². The number of ether oxygens (including phenoxy) is 1. The smallest absolute Gasteiger partial charge is 0.296 e. The van der Waals surface area contributed by atoms with Crippen LogP contribution in [-0.4, -0.2) is 37.1 Å². The Morgan fingerprint density at radius 3 is 2.79 bits per heavy atom. The van der Waals surface area contributed by atoms with Crippen molar-refractivity contribution in [1.29, 1.82) is 0 Å². The van der Waals surface area contributed by atoms with Crippen LogP contribution in [0.25, 0.3) is 11.1 Å². The molecule has 1 amide bonds. The Bertz CT molecular complexity index is 988. The number of fused-ring (bicyclic) bond motifs is 1. The Kier molecular flexibility index (Phi) is 6.80. The Labute approximate surface area is 167 Å². The van der Waals surface area contributed by atoms with Crippen LogP contribution in [0.15, 0.2) is 64.9 Å². The van der Waals surface area contributed by atoms with E-state index >= 15 is 0 Å². The largest absolute Gasteiger partial charge is 0.489 e. The standard InChI is InChI=1S/C21H23FN4O3/c1-24-20(27)18(9-14-5-3-2-4-6-14)26-21-25-17-8-7-16(10-19(17)29-21)28-13-15(11-22)12-23/h2-8,10-11,18H,9,12-13,23H2,1H3,(H,24,27)(H,25,26)/b15-11-. The van der Waals surface area contributed by atoms with Crippen LogP contribution < -0.4 is 21.1 Å². The fourth-order valence-electron chi connectivity index (χ4n) is 2.75. The molecule has 3 rings (SSSR count). The summed E-state index contributed by atoms with van der Waals surface area (Å²) in [6.45, 7) is 0.130. The molecule has 0 spiro atoms. The molecule has 0 aliphatic carbocycles. The molecule has 8 heteroatoms. The molecule has 0 aliphatic heterocycles. The summed E-state index contributed by atoms with van der Waals surface area (Å²) in [5, 5.41) is 5.70. The lowest BCUT2D eigenvalue weighted by Gasteiger charge is -2.15. The van der Waals surface area contributed by atoms with Gasteiger partial charge in [-0.25, -0.2) is 4.39 Å². The van der Waals surface area contributed by atoms with Gasteiger partial charge in [-0.3, -0.25) is 4.79 Å². The number of nitrogens with one attached hydrogen (secondary N) is 2. The monoisotopic (exact) mass is 398 g/mol. The number of amides is 1. The van der Waals surface area contributed by atoms with Gasteiger partial charge in [0.1, 0.15) is 23.9 Å². The molecule has 7 nitrogen and oxygen atoms in total. The Morgan fingerprint density at radius 2 is 2.10 bits per heavy atom. The van der Waals surface area contributed by atoms with E-state index in [2.05, 4.69) is 15.6 Å². The van der Waals surface area contributed by atoms with E-state index in [-0.39, 0.29) is 25.1 Å². The zero-order valence-electron chi connectivity index (χ0n) is 16.0. The molecule has 0 saturated carbocycles. The number of carbonyl (C=O) groups excluding carboxylic acids is 1. The maximum atomic E-state index is 12.6. The lowest BCUT2D eigenvalue weighted by atomic mass is 10.1. The summed E-state index contributed by atoms with van der Waals surface area (Å²) >= 11 is 0. The van der Waals surface area contributed by atoms with Crippen molar-refractivity contribution < 1.29 is 18.3 Å². The van der Waals surface area contributed by atoms with E-state index in [1.165, 1.54) is 0 Å². The number of anilines is 1. The number of aromatic nitrogens is 1. The molecule has 0 aliphatic rings. The predicted molar refractivity (Wildman–Crippen MR) is 109 cm³/mol. The lowest BCUT2D eigenvalue weighted by molar-refractivity contribution is -0.121. The van der Waals surface area contributed by atoms with E-state index in [0.717, 1.165) is 5.56 Å². The molecule has 3 aromatic rings. The molecule has 0 bridgehead atoms. The van der Waals surface area contributed by atoms with Crippen molar-refractivity contribution in [2.45, 2.75) is 12.5 Å². The number of likely N-dealkylation sites (N-methyl/N-ethyl adjacent to an activating group) is 1. The van der Waals surface area contributed by atoms with Crippen molar-refractivity contribution in [3.05, 3.63) is 66.0 Å². The number of nitrogens with zero attached hydrogens (tertiary/aromatic N) is 1. The molecule has 29 heavy (non-hydrogen) atoms. The van der Waals surface area contributed by atoms with Gasteiger partial charge in [-0.1, -0.05) is 30.3 Å². The minimum atomic E-state index is -0.548. The van der Waals surface area contributed by atoms with Gasteiger partial charge in [-0.05, 0) is 17.7 Å². The summed E-state index contributed by atoms with van der Waals surface area (Å²) in [6, 6.07) is 14.5. The first-order valence-electron chi connectivity index (χ1n) is 9.16. The first-order chi connectivity index (χ1) is 14.1. The van der Waals surface area contributed by atoms with Crippen LogP contribution in [0, 0.1) is 0 Å². The van der Waals surface area contributed by atoms with Crippen molar-refractivity contribution in [2.24, 2.45) is 5.73 Å². The molecule has 1 aromatic heterocycles. The van der Waals surface area contributed by atoms with E-state index in [1.54, 1.807) is 25.2 Å². The SMILES string of the molecule is CNC(=O)C(Cc1ccccc1)Nc1nc2ccc(OC/C(=C\F)CN)cc2o1. The van der Waals surface area contributed by atoms with Gasteiger partial charge in [-0.2, -0.15) is 4.98 Å². The van der Waals surface area contributed by atoms with Crippen LogP contribution in [0.2, 0.25) is 0 Å². The zero-order valence-corrected chi connectivity index (χ0v) is 16.0. The fourth-order valence-corrected chi connectivity index (χ4v) is 2.75. The Morgan fingerprint density at radius 1 is 1.31 bits per heavy atom. The Balaban J connectivity index is 1.74. The van der Waals surface area contributed by atoms with E-state index in [9.17, 15) is 9.18 Å². The van der Waals surface area contributed by atoms with E-state index < -0.39 is 6.04 Å². The highest BCUT2D eigenvalue weighted by Crippen LogP contribution is 2.25. The van der Waals surface area contributed by atoms with Gasteiger partial charge in [0, 0.05) is 31.7 Å². The zero-order chi connectivity index (χ0) is 20.6. The number of hydrogen-bond acceptors (Lipinski definition) is 6. The molecule has 4 N–H and O–H groups in total. The first kappa shape index (κ1) is 20.3. The Hall–Kier alpha value is -3.39. The quantitative estimate of drug-likeness (QED) is 0.512. The van der Waals surface area contributed by atoms with Gasteiger partial charge < -0.3 is 25.5 Å². The third-order valence-corrected chi connectivity index (χ3v) is 4.34. The van der Waals surface area contributed by atoms with E-state index in [0.29, 0.717) is 35.2 Å². The summed E-state index contributed by atoms with van der Waals surface area (Å²) in [6.07, 6.45) is 0.922. The topological polar surface area (TPSA) is 102 Å². The average Bonchev–Trinajstić information content (AvgIpc) is 3.15. The number of carbonyl (C=O) groups is 1. The van der Waals surface area contributed by atoms with Crippen LogP contribution in [-0.2, 0) is 11.2 Å². The molecular formula is C21H23FN4O3. The highest BCUT2D eigenvalue weighted by molar-refractivity contribution is 5.84. The fraction of sp³-hybridized carbons (Fsp3) is 0.238. The maximum Gasteiger partial charge on any atom is 0.296 e. The number of halogens is 1. The van der Waals surface area contributed by atoms with Gasteiger partial charge in [-0.15, -0.1) is 0 Å². The molecular weight excluding hydrogens is 375 g/mol. The normalized spacial score (nSPS) is 12.6. The van der Waals surface area contributed by atoms with E-state index in [1.807, 2.05) is 30.3 Å². The van der Waals surface area contributed by atoms with E-state index in [4.69, 9.17) is 14.9 Å². The summed E-state index contributed by atoms with van der Waals surface area (Å²) in [4.78, 5) is 16.7. The molecule has 152 valence electrons. The van der Waals surface area contributed by atoms with Crippen molar-refractivity contribution >= 4 is 23.0 Å². The average molecular weight is 398 g/mol. The van der Waals surface area contributed by atoms with Crippen LogP contribution in [0.4, 0.5) is 10.4 Å². The number of benzene rings is 2. The minimum Gasteiger partial charge on any atom is -0.489 e. The third kappa shape index (κ3) is 5.32. The van der Waals surface area contributed by atoms with Gasteiger partial charge in [0.05, 0.1) is 6.33 Å². The number of hydrogen-bond donors (Lipinski definition) is 3. The van der Waals surface area contributed by atoms with Crippen LogP contribution >= 0.6 is 0 Å². The van der Waals surface area contributed by atoms with Crippen LogP contribution in [0.1, 0.15) is 5.56 Å². The number of rotatable bonds is 9. The summed E-state index contributed by atoms with van der Waals surface area (Å²) in [5.41, 5.74) is 7.87. The predicted octanol–water partition coefficient (Wildman–Crippen LogP) is 2.79. The van der Waals surface area contributed by atoms with Crippen molar-refractivity contribution in [3.63, 3.8) is 0 Å². The summed E-state index contributed by atoms with van der Waals surface area (Å²) in [5.74, 6) is 0.326. The molecule has 1 unspecified atom stereocenters. The molecule has 0 fully saturated rings. The van der Waals surface area contributed by atoms with Gasteiger partial charge in [0.25, 0.3) is 6.01 Å². The highest BCUT2D eigenvalue weighted by atomic mass is 19.1. The van der Waals surface area contributed by atoms with Crippen LogP contribution in [0.5, 0.6) is 5.75 Å². The summed E-state index contributed by atoms with van der Waals surface area (Å²) in [7, 11) is 1.58. The van der Waals surface area contributed by atoms with Gasteiger partial charge in [0.2, 0.25) is 5.91 Å². The highest BCUT2D eigenvalue weighted by Gasteiger charge is 2.20. The summed E-state index contributed by atoms with van der Waals surface area (Å²) < 4.78 is 23.9. The molecule has 1 atom stereocenters. The van der Waals surface area contributed by atoms with Crippen molar-refractivity contribution in [3.8, 4) is 5.75 Å². The second kappa shape index (κ2) is 9.70. The van der Waals surface area contributed by atoms with Crippen molar-refractivity contribution in [2.75, 3.05) is 25.5 Å². The molecule has 2 aromatic carbocycles. The van der Waals surface area contributed by atoms with Crippen molar-refractivity contribution in [1.82, 2.24) is 10.3 Å². The first-order valence-corrected chi connectivity index (χ1v) is 9.16. The van der Waals surface area contributed by atoms with Gasteiger partial charge >= 0.3 is 0 Å². The second-order valence-electron chi connectivity index (χ2n) is 6.41. The number of nitrogens with two attached hydrogens (primary N) is 1. The maximum absolute atomic E-state index is 12.6. The molecule has 1 heterocycles. The number of oxazole rings is 1. The lowest BCUT2D eigenvalue weighted by Crippen LogP contribution is -2.39.